The van der Waals surface area contributed by atoms with Crippen LogP contribution in [0.1, 0.15) is 12.8 Å². The Hall–Kier alpha value is -0.760. The second kappa shape index (κ2) is 7.68. The van der Waals surface area contributed by atoms with Crippen molar-refractivity contribution in [2.45, 2.75) is 17.7 Å². The van der Waals surface area contributed by atoms with Crippen LogP contribution in [0.4, 0.5) is 0 Å². The van der Waals surface area contributed by atoms with Crippen molar-refractivity contribution in [2.24, 2.45) is 5.92 Å². The number of carbonyl (C=O) groups is 1. The number of amides is 1. The predicted octanol–water partition coefficient (Wildman–Crippen LogP) is 1.79. The highest BCUT2D eigenvalue weighted by Crippen LogP contribution is 2.24. The smallest absolute Gasteiger partial charge is 0.243 e. The first kappa shape index (κ1) is 17.6. The van der Waals surface area contributed by atoms with Crippen LogP contribution in [-0.4, -0.2) is 44.0 Å². The minimum absolute atomic E-state index is 0.0976. The minimum atomic E-state index is -3.46. The van der Waals surface area contributed by atoms with Gasteiger partial charge in [0.1, 0.15) is 0 Å². The number of benzene rings is 1. The monoisotopic (exact) mass is 362 g/mol. The Morgan fingerprint density at radius 2 is 1.86 bits per heavy atom. The van der Waals surface area contributed by atoms with Crippen LogP contribution < -0.4 is 5.32 Å². The standard InChI is InChI=1S/C14H19ClN2O3S2/c15-12-1-3-13(4-2-12)22(19,20)17-7-5-11(6-8-17)9-16-14(18)10-21/h1-4,11,21H,5-10H2,(H,16,18). The lowest BCUT2D eigenvalue weighted by atomic mass is 9.98. The molecule has 1 aromatic carbocycles. The van der Waals surface area contributed by atoms with E-state index in [1.165, 1.54) is 16.4 Å². The summed E-state index contributed by atoms with van der Waals surface area (Å²) in [5.74, 6) is 0.379. The van der Waals surface area contributed by atoms with Crippen LogP contribution in [0, 0.1) is 5.92 Å². The number of sulfonamides is 1. The molecule has 5 nitrogen and oxygen atoms in total. The molecule has 0 radical (unpaired) electrons. The maximum Gasteiger partial charge on any atom is 0.243 e. The molecule has 1 aliphatic rings. The molecule has 0 aliphatic carbocycles. The molecule has 0 saturated carbocycles. The van der Waals surface area contributed by atoms with Gasteiger partial charge in [0, 0.05) is 24.7 Å². The van der Waals surface area contributed by atoms with Gasteiger partial charge in [-0.15, -0.1) is 0 Å². The van der Waals surface area contributed by atoms with E-state index in [0.29, 0.717) is 30.6 Å². The summed E-state index contributed by atoms with van der Waals surface area (Å²) >= 11 is 9.69. The van der Waals surface area contributed by atoms with E-state index in [-0.39, 0.29) is 16.6 Å². The molecule has 0 aromatic heterocycles. The molecule has 0 unspecified atom stereocenters. The lowest BCUT2D eigenvalue weighted by Crippen LogP contribution is -2.41. The number of nitrogens with zero attached hydrogens (tertiary/aromatic N) is 1. The number of hydrogen-bond donors (Lipinski definition) is 2. The number of halogens is 1. The van der Waals surface area contributed by atoms with E-state index in [4.69, 9.17) is 11.6 Å². The van der Waals surface area contributed by atoms with Crippen LogP contribution in [0.5, 0.6) is 0 Å². The second-order valence-corrected chi connectivity index (χ2v) is 7.95. The minimum Gasteiger partial charge on any atom is -0.355 e. The van der Waals surface area contributed by atoms with Gasteiger partial charge in [-0.3, -0.25) is 4.79 Å². The summed E-state index contributed by atoms with van der Waals surface area (Å²) in [6.45, 7) is 1.51. The van der Waals surface area contributed by atoms with E-state index in [1.54, 1.807) is 12.1 Å². The van der Waals surface area contributed by atoms with Crippen LogP contribution >= 0.6 is 24.2 Å². The summed E-state index contributed by atoms with van der Waals surface area (Å²) in [6.07, 6.45) is 1.47. The highest BCUT2D eigenvalue weighted by molar-refractivity contribution is 7.89. The van der Waals surface area contributed by atoms with Crippen LogP contribution in [0.3, 0.4) is 0 Å². The highest BCUT2D eigenvalue weighted by Gasteiger charge is 2.29. The first-order chi connectivity index (χ1) is 10.4. The van der Waals surface area contributed by atoms with Crippen molar-refractivity contribution >= 4 is 40.2 Å². The predicted molar refractivity (Wildman–Crippen MR) is 89.8 cm³/mol. The fraction of sp³-hybridized carbons (Fsp3) is 0.500. The molecule has 1 heterocycles. The average Bonchev–Trinajstić information content (AvgIpc) is 2.53. The Balaban J connectivity index is 1.93. The van der Waals surface area contributed by atoms with Gasteiger partial charge in [-0.25, -0.2) is 8.42 Å². The van der Waals surface area contributed by atoms with Crippen molar-refractivity contribution < 1.29 is 13.2 Å². The Labute approximate surface area is 141 Å². The number of carbonyl (C=O) groups excluding carboxylic acids is 1. The topological polar surface area (TPSA) is 66.5 Å². The van der Waals surface area contributed by atoms with Gasteiger partial charge in [0.25, 0.3) is 0 Å². The number of rotatable bonds is 5. The Bertz CT molecular complexity index is 611. The van der Waals surface area contributed by atoms with Crippen LogP contribution in [0.25, 0.3) is 0 Å². The van der Waals surface area contributed by atoms with Crippen molar-refractivity contribution in [3.63, 3.8) is 0 Å². The van der Waals surface area contributed by atoms with Crippen LogP contribution in [0.15, 0.2) is 29.2 Å². The zero-order valence-electron chi connectivity index (χ0n) is 12.0. The zero-order chi connectivity index (χ0) is 16.2. The van der Waals surface area contributed by atoms with Crippen LogP contribution in [0.2, 0.25) is 5.02 Å². The molecule has 1 fully saturated rings. The average molecular weight is 363 g/mol. The van der Waals surface area contributed by atoms with Gasteiger partial charge in [0.05, 0.1) is 10.6 Å². The first-order valence-electron chi connectivity index (χ1n) is 7.07. The van der Waals surface area contributed by atoms with E-state index in [0.717, 1.165) is 12.8 Å². The van der Waals surface area contributed by atoms with Gasteiger partial charge in [0.2, 0.25) is 15.9 Å². The fourth-order valence-electron chi connectivity index (χ4n) is 2.42. The molecular formula is C14H19ClN2O3S2. The van der Waals surface area contributed by atoms with Crippen molar-refractivity contribution in [1.82, 2.24) is 9.62 Å². The molecule has 1 saturated heterocycles. The van der Waals surface area contributed by atoms with Gasteiger partial charge >= 0.3 is 0 Å². The van der Waals surface area contributed by atoms with Crippen molar-refractivity contribution in [2.75, 3.05) is 25.4 Å². The van der Waals surface area contributed by atoms with E-state index in [1.807, 2.05) is 0 Å². The molecule has 22 heavy (non-hydrogen) atoms. The highest BCUT2D eigenvalue weighted by atomic mass is 35.5. The SMILES string of the molecule is O=C(CS)NCC1CCN(S(=O)(=O)c2ccc(Cl)cc2)CC1. The third-order valence-electron chi connectivity index (χ3n) is 3.76. The lowest BCUT2D eigenvalue weighted by molar-refractivity contribution is -0.118. The molecule has 1 aromatic rings. The third kappa shape index (κ3) is 4.38. The Morgan fingerprint density at radius 3 is 2.41 bits per heavy atom. The normalized spacial score (nSPS) is 17.4. The van der Waals surface area contributed by atoms with Crippen molar-refractivity contribution in [1.29, 1.82) is 0 Å². The summed E-state index contributed by atoms with van der Waals surface area (Å²) in [5.41, 5.74) is 0. The second-order valence-electron chi connectivity index (χ2n) is 5.26. The molecule has 1 aliphatic heterocycles. The maximum atomic E-state index is 12.5. The summed E-state index contributed by atoms with van der Waals surface area (Å²) in [4.78, 5) is 11.4. The zero-order valence-corrected chi connectivity index (χ0v) is 14.5. The molecule has 122 valence electrons. The molecule has 0 atom stereocenters. The summed E-state index contributed by atoms with van der Waals surface area (Å²) < 4.78 is 26.5. The quantitative estimate of drug-likeness (QED) is 0.785. The molecule has 0 spiro atoms. The molecule has 0 bridgehead atoms. The van der Waals surface area contributed by atoms with Crippen molar-refractivity contribution in [3.05, 3.63) is 29.3 Å². The molecule has 1 N–H and O–H groups in total. The van der Waals surface area contributed by atoms with Gasteiger partial charge in [0.15, 0.2) is 0 Å². The van der Waals surface area contributed by atoms with E-state index in [2.05, 4.69) is 17.9 Å². The van der Waals surface area contributed by atoms with Gasteiger partial charge in [-0.2, -0.15) is 16.9 Å². The van der Waals surface area contributed by atoms with Gasteiger partial charge in [-0.1, -0.05) is 11.6 Å². The van der Waals surface area contributed by atoms with Crippen molar-refractivity contribution in [3.8, 4) is 0 Å². The maximum absolute atomic E-state index is 12.5. The van der Waals surface area contributed by atoms with Gasteiger partial charge in [-0.05, 0) is 43.0 Å². The number of hydrogen-bond acceptors (Lipinski definition) is 4. The molecular weight excluding hydrogens is 344 g/mol. The number of piperidine rings is 1. The molecule has 1 amide bonds. The Morgan fingerprint density at radius 1 is 1.27 bits per heavy atom. The molecule has 2 rings (SSSR count). The third-order valence-corrected chi connectivity index (χ3v) is 6.21. The van der Waals surface area contributed by atoms with Gasteiger partial charge < -0.3 is 5.32 Å². The lowest BCUT2D eigenvalue weighted by Gasteiger charge is -2.31. The summed E-state index contributed by atoms with van der Waals surface area (Å²) in [5, 5.41) is 3.31. The van der Waals surface area contributed by atoms with E-state index < -0.39 is 10.0 Å². The van der Waals surface area contributed by atoms with E-state index >= 15 is 0 Å². The number of thiol groups is 1. The Kier molecular flexibility index (Phi) is 6.14. The van der Waals surface area contributed by atoms with E-state index in [9.17, 15) is 13.2 Å². The molecule has 8 heteroatoms. The summed E-state index contributed by atoms with van der Waals surface area (Å²) in [6, 6.07) is 6.20. The largest absolute Gasteiger partial charge is 0.355 e. The fourth-order valence-corrected chi connectivity index (χ4v) is 4.13. The van der Waals surface area contributed by atoms with Crippen LogP contribution in [-0.2, 0) is 14.8 Å². The summed E-state index contributed by atoms with van der Waals surface area (Å²) in [7, 11) is -3.46. The first-order valence-corrected chi connectivity index (χ1v) is 9.52. The number of nitrogens with one attached hydrogen (secondary N) is 1.